The summed E-state index contributed by atoms with van der Waals surface area (Å²) in [4.78, 5) is 0. The van der Waals surface area contributed by atoms with Crippen molar-refractivity contribution in [1.82, 2.24) is 0 Å². The number of phenols is 1. The molecule has 0 aliphatic carbocycles. The number of nitriles is 1. The molecule has 1 aromatic heterocycles. The van der Waals surface area contributed by atoms with Gasteiger partial charge in [0.25, 0.3) is 0 Å². The Morgan fingerprint density at radius 1 is 1.04 bits per heavy atom. The Hall–Kier alpha value is -2.68. The summed E-state index contributed by atoms with van der Waals surface area (Å²) < 4.78 is 0.719. The second kappa shape index (κ2) is 6.61. The van der Waals surface area contributed by atoms with Crippen LogP contribution in [0.5, 0.6) is 5.75 Å². The fourth-order valence-corrected chi connectivity index (χ4v) is 3.42. The van der Waals surface area contributed by atoms with Gasteiger partial charge < -0.3 is 10.4 Å². The number of nitrogens with one attached hydrogen (secondary N) is 1. The average molecular weight is 336 g/mol. The van der Waals surface area contributed by atoms with Gasteiger partial charge in [0.15, 0.2) is 0 Å². The van der Waals surface area contributed by atoms with Crippen LogP contribution in [-0.2, 0) is 0 Å². The van der Waals surface area contributed by atoms with Crippen LogP contribution in [-0.4, -0.2) is 5.11 Å². The first kappa shape index (κ1) is 15.2. The molecule has 0 fully saturated rings. The van der Waals surface area contributed by atoms with E-state index >= 15 is 0 Å². The first-order valence-electron chi connectivity index (χ1n) is 6.87. The van der Waals surface area contributed by atoms with Gasteiger partial charge in [-0.1, -0.05) is 42.5 Å². The zero-order chi connectivity index (χ0) is 16.2. The third kappa shape index (κ3) is 3.39. The predicted molar refractivity (Wildman–Crippen MR) is 96.7 cm³/mol. The van der Waals surface area contributed by atoms with Crippen LogP contribution in [0.2, 0.25) is 0 Å². The van der Waals surface area contributed by atoms with Crippen LogP contribution in [0.15, 0.2) is 60.7 Å². The number of hydrogen-bond acceptors (Lipinski definition) is 5. The molecule has 2 N–H and O–H groups in total. The van der Waals surface area contributed by atoms with Crippen LogP contribution >= 0.6 is 23.6 Å². The smallest absolute Gasteiger partial charge is 0.115 e. The highest BCUT2D eigenvalue weighted by Crippen LogP contribution is 2.33. The van der Waals surface area contributed by atoms with Crippen LogP contribution < -0.4 is 5.32 Å². The van der Waals surface area contributed by atoms with E-state index in [1.165, 1.54) is 11.3 Å². The Balaban J connectivity index is 2.03. The Kier molecular flexibility index (Phi) is 4.38. The summed E-state index contributed by atoms with van der Waals surface area (Å²) in [6.45, 7) is 0. The first-order valence-corrected chi connectivity index (χ1v) is 8.09. The predicted octanol–water partition coefficient (Wildman–Crippen LogP) is 5.47. The van der Waals surface area contributed by atoms with Gasteiger partial charge in [-0.3, -0.25) is 0 Å². The second-order valence-electron chi connectivity index (χ2n) is 4.84. The van der Waals surface area contributed by atoms with Gasteiger partial charge in [0.2, 0.25) is 0 Å². The minimum absolute atomic E-state index is 0.197. The van der Waals surface area contributed by atoms with E-state index in [9.17, 15) is 10.4 Å². The molecule has 0 aliphatic heterocycles. The van der Waals surface area contributed by atoms with Crippen molar-refractivity contribution in [3.63, 3.8) is 0 Å². The van der Waals surface area contributed by atoms with Crippen molar-refractivity contribution in [3.8, 4) is 22.9 Å². The number of hydrogen-bond donors (Lipinski definition) is 2. The molecule has 112 valence electrons. The molecule has 1 heterocycles. The summed E-state index contributed by atoms with van der Waals surface area (Å²) in [5, 5.41) is 22.7. The molecule has 2 aromatic carbocycles. The lowest BCUT2D eigenvalue weighted by molar-refractivity contribution is 0.475. The third-order valence-electron chi connectivity index (χ3n) is 3.28. The monoisotopic (exact) mass is 336 g/mol. The number of nitrogens with zero attached hydrogens (tertiary/aromatic N) is 1. The molecule has 0 atom stereocenters. The van der Waals surface area contributed by atoms with Crippen LogP contribution in [0.3, 0.4) is 0 Å². The summed E-state index contributed by atoms with van der Waals surface area (Å²) in [5.41, 5.74) is 3.22. The zero-order valence-electron chi connectivity index (χ0n) is 12.0. The average Bonchev–Trinajstić information content (AvgIpc) is 2.58. The van der Waals surface area contributed by atoms with Gasteiger partial charge in [-0.2, -0.15) is 5.26 Å². The molecule has 3 nitrogen and oxygen atoms in total. The summed E-state index contributed by atoms with van der Waals surface area (Å²) in [5.74, 6) is 0.197. The molecule has 0 bridgehead atoms. The number of benzene rings is 2. The van der Waals surface area contributed by atoms with Crippen LogP contribution in [0.1, 0.15) is 5.56 Å². The molecule has 0 aliphatic rings. The maximum atomic E-state index is 9.45. The van der Waals surface area contributed by atoms with Gasteiger partial charge in [-0.25, -0.2) is 0 Å². The van der Waals surface area contributed by atoms with Gasteiger partial charge in [0.1, 0.15) is 16.8 Å². The molecular weight excluding hydrogens is 324 g/mol. The second-order valence-corrected chi connectivity index (χ2v) is 6.53. The number of aromatic hydroxyl groups is 1. The minimum Gasteiger partial charge on any atom is -0.508 e. The Morgan fingerprint density at radius 2 is 1.74 bits per heavy atom. The van der Waals surface area contributed by atoms with Gasteiger partial charge in [0, 0.05) is 11.3 Å². The molecular formula is C18H12N2OS2. The summed E-state index contributed by atoms with van der Waals surface area (Å²) in [6.07, 6.45) is 0. The van der Waals surface area contributed by atoms with E-state index in [0.717, 1.165) is 20.6 Å². The molecule has 0 spiro atoms. The minimum atomic E-state index is 0.197. The normalized spacial score (nSPS) is 10.0. The molecule has 0 radical (unpaired) electrons. The van der Waals surface area contributed by atoms with Gasteiger partial charge >= 0.3 is 0 Å². The van der Waals surface area contributed by atoms with Gasteiger partial charge in [-0.05, 0) is 35.9 Å². The topological polar surface area (TPSA) is 56.0 Å². The van der Waals surface area contributed by atoms with E-state index in [1.807, 2.05) is 36.4 Å². The molecule has 0 unspecified atom stereocenters. The van der Waals surface area contributed by atoms with E-state index < -0.39 is 0 Å². The van der Waals surface area contributed by atoms with E-state index in [0.29, 0.717) is 10.6 Å². The lowest BCUT2D eigenvalue weighted by Gasteiger charge is -2.10. The van der Waals surface area contributed by atoms with E-state index in [-0.39, 0.29) is 5.75 Å². The first-order chi connectivity index (χ1) is 11.2. The molecule has 0 amide bonds. The van der Waals surface area contributed by atoms with Crippen molar-refractivity contribution < 1.29 is 5.11 Å². The molecule has 5 heteroatoms. The summed E-state index contributed by atoms with van der Waals surface area (Å²) >= 11 is 6.86. The van der Waals surface area contributed by atoms with Crippen molar-refractivity contribution in [2.75, 3.05) is 5.32 Å². The van der Waals surface area contributed by atoms with Crippen LogP contribution in [0.4, 0.5) is 10.7 Å². The number of anilines is 2. The van der Waals surface area contributed by atoms with Gasteiger partial charge in [-0.15, -0.1) is 11.3 Å². The molecule has 23 heavy (non-hydrogen) atoms. The Bertz CT molecular complexity index is 926. The highest BCUT2D eigenvalue weighted by Gasteiger charge is 2.09. The van der Waals surface area contributed by atoms with E-state index in [2.05, 4.69) is 11.4 Å². The SMILES string of the molecule is N#Cc1cc(-c2ccccc2)c(=S)sc1Nc1ccc(O)cc1. The largest absolute Gasteiger partial charge is 0.508 e. The van der Waals surface area contributed by atoms with Crippen molar-refractivity contribution >= 4 is 34.2 Å². The van der Waals surface area contributed by atoms with Crippen molar-refractivity contribution in [3.05, 3.63) is 70.1 Å². The lowest BCUT2D eigenvalue weighted by Crippen LogP contribution is -1.92. The van der Waals surface area contributed by atoms with E-state index in [1.54, 1.807) is 24.3 Å². The highest BCUT2D eigenvalue weighted by molar-refractivity contribution is 7.73. The fourth-order valence-electron chi connectivity index (χ4n) is 2.14. The molecule has 0 saturated heterocycles. The molecule has 3 aromatic rings. The fraction of sp³-hybridized carbons (Fsp3) is 0. The Labute approximate surface area is 143 Å². The van der Waals surface area contributed by atoms with E-state index in [4.69, 9.17) is 12.2 Å². The Morgan fingerprint density at radius 3 is 2.39 bits per heavy atom. The van der Waals surface area contributed by atoms with Crippen molar-refractivity contribution in [1.29, 1.82) is 5.26 Å². The van der Waals surface area contributed by atoms with Crippen LogP contribution in [0.25, 0.3) is 11.1 Å². The maximum absolute atomic E-state index is 9.45. The standard InChI is InChI=1S/C18H12N2OS2/c19-11-13-10-16(12-4-2-1-3-5-12)18(22)23-17(13)20-14-6-8-15(21)9-7-14/h1-10,20-21H. The number of phenolic OH excluding ortho intramolecular Hbond substituents is 1. The van der Waals surface area contributed by atoms with Crippen molar-refractivity contribution in [2.24, 2.45) is 0 Å². The summed E-state index contributed by atoms with van der Waals surface area (Å²) in [6, 6.07) is 20.5. The lowest BCUT2D eigenvalue weighted by atomic mass is 10.1. The molecule has 0 saturated carbocycles. The zero-order valence-corrected chi connectivity index (χ0v) is 13.6. The highest BCUT2D eigenvalue weighted by atomic mass is 32.1. The third-order valence-corrected chi connectivity index (χ3v) is 4.68. The van der Waals surface area contributed by atoms with Crippen LogP contribution in [0, 0.1) is 15.2 Å². The quantitative estimate of drug-likeness (QED) is 0.492. The summed E-state index contributed by atoms with van der Waals surface area (Å²) in [7, 11) is 0. The molecule has 3 rings (SSSR count). The maximum Gasteiger partial charge on any atom is 0.115 e. The van der Waals surface area contributed by atoms with Gasteiger partial charge in [0.05, 0.1) is 9.39 Å². The number of rotatable bonds is 3. The van der Waals surface area contributed by atoms with Crippen molar-refractivity contribution in [2.45, 2.75) is 0 Å².